The smallest absolute Gasteiger partial charge is 0.0897 e. The molecule has 0 radical (unpaired) electrons. The first-order valence-electron chi connectivity index (χ1n) is 6.92. The van der Waals surface area contributed by atoms with Crippen LogP contribution in [0.3, 0.4) is 0 Å². The zero-order valence-electron chi connectivity index (χ0n) is 10.6. The van der Waals surface area contributed by atoms with Gasteiger partial charge in [-0.1, -0.05) is 12.8 Å². The number of nitrogens with one attached hydrogen (secondary N) is 1. The molecule has 1 saturated heterocycles. The average Bonchev–Trinajstić information content (AvgIpc) is 2.99. The topological polar surface area (TPSA) is 41.5 Å². The van der Waals surface area contributed by atoms with Crippen LogP contribution >= 0.6 is 11.8 Å². The van der Waals surface area contributed by atoms with Crippen molar-refractivity contribution in [1.29, 1.82) is 0 Å². The summed E-state index contributed by atoms with van der Waals surface area (Å²) in [7, 11) is 0. The van der Waals surface area contributed by atoms with Gasteiger partial charge in [-0.05, 0) is 43.2 Å². The van der Waals surface area contributed by atoms with E-state index in [1.807, 2.05) is 11.8 Å². The molecule has 1 aliphatic heterocycles. The molecule has 2 rings (SSSR count). The van der Waals surface area contributed by atoms with Gasteiger partial charge in [-0.3, -0.25) is 0 Å². The molecular formula is C13H25NO2S. The molecular weight excluding hydrogens is 234 g/mol. The third-order valence-corrected chi connectivity index (χ3v) is 4.89. The first-order valence-corrected chi connectivity index (χ1v) is 8.08. The number of aliphatic hydroxyl groups excluding tert-OH is 1. The van der Waals surface area contributed by atoms with Crippen molar-refractivity contribution < 1.29 is 9.84 Å². The molecule has 0 spiro atoms. The van der Waals surface area contributed by atoms with E-state index in [2.05, 4.69) is 5.32 Å². The van der Waals surface area contributed by atoms with Crippen LogP contribution in [0.4, 0.5) is 0 Å². The van der Waals surface area contributed by atoms with Gasteiger partial charge in [0.05, 0.1) is 18.8 Å². The summed E-state index contributed by atoms with van der Waals surface area (Å²) in [6.07, 6.45) is 6.34. The molecule has 0 aromatic heterocycles. The summed E-state index contributed by atoms with van der Waals surface area (Å²) in [5, 5.41) is 13.1. The van der Waals surface area contributed by atoms with Gasteiger partial charge in [0.15, 0.2) is 0 Å². The van der Waals surface area contributed by atoms with Crippen molar-refractivity contribution in [1.82, 2.24) is 5.32 Å². The van der Waals surface area contributed by atoms with Crippen LogP contribution in [0, 0.1) is 5.92 Å². The van der Waals surface area contributed by atoms with E-state index in [1.54, 1.807) is 0 Å². The summed E-state index contributed by atoms with van der Waals surface area (Å²) < 4.78 is 5.69. The van der Waals surface area contributed by atoms with Crippen LogP contribution in [-0.4, -0.2) is 48.5 Å². The Morgan fingerprint density at radius 1 is 1.29 bits per heavy atom. The highest BCUT2D eigenvalue weighted by atomic mass is 32.2. The van der Waals surface area contributed by atoms with Gasteiger partial charge in [0.2, 0.25) is 0 Å². The Morgan fingerprint density at radius 3 is 2.82 bits per heavy atom. The van der Waals surface area contributed by atoms with E-state index in [-0.39, 0.29) is 6.10 Å². The molecule has 0 amide bonds. The van der Waals surface area contributed by atoms with Crippen molar-refractivity contribution in [2.75, 3.05) is 31.2 Å². The van der Waals surface area contributed by atoms with E-state index < -0.39 is 0 Å². The third kappa shape index (κ3) is 5.16. The van der Waals surface area contributed by atoms with Crippen LogP contribution in [0.2, 0.25) is 0 Å². The number of thioether (sulfide) groups is 1. The second-order valence-corrected chi connectivity index (χ2v) is 6.43. The normalized spacial score (nSPS) is 27.7. The SMILES string of the molecule is OC(CNCC1CCSC1)COC1CCCC1. The number of hydrogen-bond donors (Lipinski definition) is 2. The lowest BCUT2D eigenvalue weighted by Gasteiger charge is -2.17. The fraction of sp³-hybridized carbons (Fsp3) is 1.00. The molecule has 2 aliphatic rings. The quantitative estimate of drug-likeness (QED) is 0.729. The van der Waals surface area contributed by atoms with Gasteiger partial charge in [0, 0.05) is 6.54 Å². The van der Waals surface area contributed by atoms with Crippen molar-refractivity contribution >= 4 is 11.8 Å². The standard InChI is InChI=1S/C13H25NO2S/c15-12(9-16-13-3-1-2-4-13)8-14-7-11-5-6-17-10-11/h11-15H,1-10H2. The van der Waals surface area contributed by atoms with Gasteiger partial charge in [-0.15, -0.1) is 0 Å². The van der Waals surface area contributed by atoms with Crippen molar-refractivity contribution in [3.63, 3.8) is 0 Å². The van der Waals surface area contributed by atoms with E-state index in [1.165, 1.54) is 43.6 Å². The summed E-state index contributed by atoms with van der Waals surface area (Å²) in [5.74, 6) is 3.39. The molecule has 0 aromatic carbocycles. The highest BCUT2D eigenvalue weighted by Crippen LogP contribution is 2.22. The van der Waals surface area contributed by atoms with E-state index in [4.69, 9.17) is 4.74 Å². The lowest BCUT2D eigenvalue weighted by Crippen LogP contribution is -2.34. The maximum absolute atomic E-state index is 9.79. The Balaban J connectivity index is 1.46. The number of hydrogen-bond acceptors (Lipinski definition) is 4. The minimum Gasteiger partial charge on any atom is -0.389 e. The molecule has 2 unspecified atom stereocenters. The number of aliphatic hydroxyl groups is 1. The fourth-order valence-corrected chi connectivity index (χ4v) is 3.84. The van der Waals surface area contributed by atoms with Gasteiger partial charge in [-0.2, -0.15) is 11.8 Å². The average molecular weight is 259 g/mol. The fourth-order valence-electron chi connectivity index (χ4n) is 2.56. The van der Waals surface area contributed by atoms with Crippen LogP contribution in [0.25, 0.3) is 0 Å². The second kappa shape index (κ2) is 7.62. The molecule has 3 nitrogen and oxygen atoms in total. The summed E-state index contributed by atoms with van der Waals surface area (Å²) in [4.78, 5) is 0. The van der Waals surface area contributed by atoms with Crippen LogP contribution in [-0.2, 0) is 4.74 Å². The van der Waals surface area contributed by atoms with Gasteiger partial charge in [0.1, 0.15) is 0 Å². The molecule has 0 aromatic rings. The Labute approximate surface area is 109 Å². The lowest BCUT2D eigenvalue weighted by atomic mass is 10.1. The Morgan fingerprint density at radius 2 is 2.12 bits per heavy atom. The molecule has 2 fully saturated rings. The molecule has 100 valence electrons. The van der Waals surface area contributed by atoms with Crippen molar-refractivity contribution in [2.24, 2.45) is 5.92 Å². The largest absolute Gasteiger partial charge is 0.389 e. The van der Waals surface area contributed by atoms with Crippen LogP contribution in [0.1, 0.15) is 32.1 Å². The molecule has 1 aliphatic carbocycles. The molecule has 17 heavy (non-hydrogen) atoms. The Kier molecular flexibility index (Phi) is 6.12. The summed E-state index contributed by atoms with van der Waals surface area (Å²) in [5.41, 5.74) is 0. The van der Waals surface area contributed by atoms with Gasteiger partial charge in [-0.25, -0.2) is 0 Å². The predicted molar refractivity (Wildman–Crippen MR) is 72.5 cm³/mol. The van der Waals surface area contributed by atoms with E-state index >= 15 is 0 Å². The minimum absolute atomic E-state index is 0.343. The number of ether oxygens (including phenoxy) is 1. The van der Waals surface area contributed by atoms with Crippen molar-refractivity contribution in [3.8, 4) is 0 Å². The Bertz CT molecular complexity index is 204. The second-order valence-electron chi connectivity index (χ2n) is 5.28. The molecule has 2 atom stereocenters. The Hall–Kier alpha value is 0.230. The van der Waals surface area contributed by atoms with Crippen LogP contribution in [0.5, 0.6) is 0 Å². The maximum atomic E-state index is 9.79. The summed E-state index contributed by atoms with van der Waals surface area (Å²) >= 11 is 2.04. The van der Waals surface area contributed by atoms with Crippen molar-refractivity contribution in [3.05, 3.63) is 0 Å². The number of rotatable bonds is 7. The van der Waals surface area contributed by atoms with Gasteiger partial charge >= 0.3 is 0 Å². The lowest BCUT2D eigenvalue weighted by molar-refractivity contribution is -0.00555. The maximum Gasteiger partial charge on any atom is 0.0897 e. The highest BCUT2D eigenvalue weighted by molar-refractivity contribution is 7.99. The molecule has 2 N–H and O–H groups in total. The third-order valence-electron chi connectivity index (χ3n) is 3.66. The molecule has 4 heteroatoms. The first-order chi connectivity index (χ1) is 8.34. The predicted octanol–water partition coefficient (Wildman–Crippen LogP) is 1.65. The summed E-state index contributed by atoms with van der Waals surface area (Å²) in [6.45, 7) is 2.22. The van der Waals surface area contributed by atoms with E-state index in [0.29, 0.717) is 19.3 Å². The monoisotopic (exact) mass is 259 g/mol. The molecule has 0 bridgehead atoms. The molecule has 1 heterocycles. The van der Waals surface area contributed by atoms with Crippen LogP contribution in [0.15, 0.2) is 0 Å². The minimum atomic E-state index is -0.343. The van der Waals surface area contributed by atoms with E-state index in [0.717, 1.165) is 12.5 Å². The first kappa shape index (κ1) is 13.7. The van der Waals surface area contributed by atoms with Crippen LogP contribution < -0.4 is 5.32 Å². The zero-order valence-corrected chi connectivity index (χ0v) is 11.4. The van der Waals surface area contributed by atoms with Gasteiger partial charge in [0.25, 0.3) is 0 Å². The summed E-state index contributed by atoms with van der Waals surface area (Å²) in [6, 6.07) is 0. The highest BCUT2D eigenvalue weighted by Gasteiger charge is 2.18. The van der Waals surface area contributed by atoms with E-state index in [9.17, 15) is 5.11 Å². The molecule has 1 saturated carbocycles. The zero-order chi connectivity index (χ0) is 11.9. The van der Waals surface area contributed by atoms with Gasteiger partial charge < -0.3 is 15.2 Å². The van der Waals surface area contributed by atoms with Crippen molar-refractivity contribution in [2.45, 2.75) is 44.3 Å².